The van der Waals surface area contributed by atoms with Gasteiger partial charge in [-0.05, 0) is 25.1 Å². The van der Waals surface area contributed by atoms with Gasteiger partial charge in [0.2, 0.25) is 0 Å². The first kappa shape index (κ1) is 13.1. The molecule has 0 aromatic heterocycles. The fourth-order valence-corrected chi connectivity index (χ4v) is 1.91. The van der Waals surface area contributed by atoms with Gasteiger partial charge in [-0.15, -0.1) is 12.4 Å². The SMILES string of the molecule is COc1cccc(N2CCCNCC2)c1.Cl. The topological polar surface area (TPSA) is 24.5 Å². The highest BCUT2D eigenvalue weighted by molar-refractivity contribution is 5.85. The fourth-order valence-electron chi connectivity index (χ4n) is 1.91. The lowest BCUT2D eigenvalue weighted by Crippen LogP contribution is -2.27. The first-order valence-corrected chi connectivity index (χ1v) is 5.50. The van der Waals surface area contributed by atoms with E-state index in [1.54, 1.807) is 7.11 Å². The maximum absolute atomic E-state index is 5.23. The number of methoxy groups -OCH3 is 1. The Morgan fingerprint density at radius 3 is 2.94 bits per heavy atom. The average molecular weight is 243 g/mol. The third-order valence-corrected chi connectivity index (χ3v) is 2.76. The maximum Gasteiger partial charge on any atom is 0.120 e. The van der Waals surface area contributed by atoms with Crippen LogP contribution in [-0.2, 0) is 0 Å². The zero-order chi connectivity index (χ0) is 10.5. The van der Waals surface area contributed by atoms with Crippen LogP contribution in [0.15, 0.2) is 24.3 Å². The molecule has 4 heteroatoms. The highest BCUT2D eigenvalue weighted by atomic mass is 35.5. The number of benzene rings is 1. The highest BCUT2D eigenvalue weighted by Crippen LogP contribution is 2.21. The van der Waals surface area contributed by atoms with Crippen molar-refractivity contribution in [3.8, 4) is 5.75 Å². The zero-order valence-electron chi connectivity index (χ0n) is 9.61. The molecule has 1 aromatic carbocycles. The Bertz CT molecular complexity index is 312. The van der Waals surface area contributed by atoms with Crippen LogP contribution in [0.3, 0.4) is 0 Å². The molecule has 2 rings (SSSR count). The number of nitrogens with one attached hydrogen (secondary N) is 1. The average Bonchev–Trinajstić information content (AvgIpc) is 2.58. The Morgan fingerprint density at radius 1 is 1.25 bits per heavy atom. The van der Waals surface area contributed by atoms with Crippen LogP contribution in [0.5, 0.6) is 5.75 Å². The third kappa shape index (κ3) is 3.29. The lowest BCUT2D eigenvalue weighted by molar-refractivity contribution is 0.415. The Balaban J connectivity index is 0.00000128. The molecule has 1 saturated heterocycles. The normalized spacial score (nSPS) is 16.2. The summed E-state index contributed by atoms with van der Waals surface area (Å²) in [7, 11) is 1.71. The van der Waals surface area contributed by atoms with Gasteiger partial charge in [-0.25, -0.2) is 0 Å². The molecule has 0 aliphatic carbocycles. The van der Waals surface area contributed by atoms with Crippen molar-refractivity contribution >= 4 is 18.1 Å². The smallest absolute Gasteiger partial charge is 0.120 e. The molecule has 0 saturated carbocycles. The van der Waals surface area contributed by atoms with Gasteiger partial charge in [0.15, 0.2) is 0 Å². The number of ether oxygens (including phenoxy) is 1. The van der Waals surface area contributed by atoms with E-state index in [4.69, 9.17) is 4.74 Å². The van der Waals surface area contributed by atoms with Crippen molar-refractivity contribution < 1.29 is 4.74 Å². The minimum absolute atomic E-state index is 0. The molecular weight excluding hydrogens is 224 g/mol. The fraction of sp³-hybridized carbons (Fsp3) is 0.500. The van der Waals surface area contributed by atoms with E-state index in [0.29, 0.717) is 0 Å². The van der Waals surface area contributed by atoms with Crippen LogP contribution in [-0.4, -0.2) is 33.3 Å². The lowest BCUT2D eigenvalue weighted by atomic mass is 10.2. The van der Waals surface area contributed by atoms with Crippen molar-refractivity contribution in [2.75, 3.05) is 38.2 Å². The van der Waals surface area contributed by atoms with Gasteiger partial charge >= 0.3 is 0 Å². The van der Waals surface area contributed by atoms with Gasteiger partial charge in [0.25, 0.3) is 0 Å². The third-order valence-electron chi connectivity index (χ3n) is 2.76. The minimum Gasteiger partial charge on any atom is -0.497 e. The molecule has 1 fully saturated rings. The van der Waals surface area contributed by atoms with E-state index >= 15 is 0 Å². The maximum atomic E-state index is 5.23. The van der Waals surface area contributed by atoms with Crippen LogP contribution in [0.25, 0.3) is 0 Å². The Hall–Kier alpha value is -0.930. The molecule has 0 atom stereocenters. The quantitative estimate of drug-likeness (QED) is 0.858. The Morgan fingerprint density at radius 2 is 2.12 bits per heavy atom. The summed E-state index contributed by atoms with van der Waals surface area (Å²) in [4.78, 5) is 2.41. The van der Waals surface area contributed by atoms with E-state index in [0.717, 1.165) is 31.9 Å². The van der Waals surface area contributed by atoms with Crippen LogP contribution in [0.4, 0.5) is 5.69 Å². The first-order valence-electron chi connectivity index (χ1n) is 5.50. The minimum atomic E-state index is 0. The summed E-state index contributed by atoms with van der Waals surface area (Å²) in [5.41, 5.74) is 1.26. The summed E-state index contributed by atoms with van der Waals surface area (Å²) >= 11 is 0. The lowest BCUT2D eigenvalue weighted by Gasteiger charge is -2.22. The number of rotatable bonds is 2. The summed E-state index contributed by atoms with van der Waals surface area (Å²) in [6.45, 7) is 4.39. The van der Waals surface area contributed by atoms with Crippen LogP contribution in [0, 0.1) is 0 Å². The van der Waals surface area contributed by atoms with E-state index in [2.05, 4.69) is 22.3 Å². The summed E-state index contributed by atoms with van der Waals surface area (Å²) < 4.78 is 5.23. The Kier molecular flexibility index (Phi) is 5.43. The van der Waals surface area contributed by atoms with Gasteiger partial charge in [0.1, 0.15) is 5.75 Å². The molecule has 1 heterocycles. The second-order valence-electron chi connectivity index (χ2n) is 3.79. The molecule has 1 aliphatic rings. The molecule has 0 radical (unpaired) electrons. The molecule has 16 heavy (non-hydrogen) atoms. The molecule has 0 bridgehead atoms. The van der Waals surface area contributed by atoms with E-state index in [1.807, 2.05) is 12.1 Å². The first-order chi connectivity index (χ1) is 7.40. The molecular formula is C12H19ClN2O. The molecule has 90 valence electrons. The van der Waals surface area contributed by atoms with Gasteiger partial charge in [-0.3, -0.25) is 0 Å². The van der Waals surface area contributed by atoms with Gasteiger partial charge in [0.05, 0.1) is 7.11 Å². The standard InChI is InChI=1S/C12H18N2O.ClH/c1-15-12-5-2-4-11(10-12)14-8-3-6-13-7-9-14;/h2,4-5,10,13H,3,6-9H2,1H3;1H. The van der Waals surface area contributed by atoms with E-state index < -0.39 is 0 Å². The second kappa shape index (κ2) is 6.61. The van der Waals surface area contributed by atoms with E-state index in [9.17, 15) is 0 Å². The molecule has 1 N–H and O–H groups in total. The van der Waals surface area contributed by atoms with Crippen molar-refractivity contribution in [1.82, 2.24) is 5.32 Å². The summed E-state index contributed by atoms with van der Waals surface area (Å²) in [6, 6.07) is 8.28. The summed E-state index contributed by atoms with van der Waals surface area (Å²) in [5, 5.41) is 3.40. The predicted octanol–water partition coefficient (Wildman–Crippen LogP) is 1.92. The molecule has 3 nitrogen and oxygen atoms in total. The molecule has 0 unspecified atom stereocenters. The number of hydrogen-bond donors (Lipinski definition) is 1. The van der Waals surface area contributed by atoms with Crippen LogP contribution >= 0.6 is 12.4 Å². The van der Waals surface area contributed by atoms with Crippen molar-refractivity contribution in [2.45, 2.75) is 6.42 Å². The monoisotopic (exact) mass is 242 g/mol. The van der Waals surface area contributed by atoms with Gasteiger partial charge < -0.3 is 15.0 Å². The number of halogens is 1. The van der Waals surface area contributed by atoms with Crippen molar-refractivity contribution in [2.24, 2.45) is 0 Å². The van der Waals surface area contributed by atoms with Crippen LogP contribution in [0.1, 0.15) is 6.42 Å². The number of hydrogen-bond acceptors (Lipinski definition) is 3. The molecule has 0 spiro atoms. The van der Waals surface area contributed by atoms with Crippen LogP contribution in [0.2, 0.25) is 0 Å². The second-order valence-corrected chi connectivity index (χ2v) is 3.79. The van der Waals surface area contributed by atoms with Gasteiger partial charge in [0, 0.05) is 31.4 Å². The van der Waals surface area contributed by atoms with Gasteiger partial charge in [-0.2, -0.15) is 0 Å². The van der Waals surface area contributed by atoms with Crippen molar-refractivity contribution in [3.05, 3.63) is 24.3 Å². The summed E-state index contributed by atoms with van der Waals surface area (Å²) in [6.07, 6.45) is 1.21. The Labute approximate surface area is 103 Å². The predicted molar refractivity (Wildman–Crippen MR) is 69.9 cm³/mol. The van der Waals surface area contributed by atoms with E-state index in [-0.39, 0.29) is 12.4 Å². The number of nitrogens with zero attached hydrogens (tertiary/aromatic N) is 1. The van der Waals surface area contributed by atoms with Crippen molar-refractivity contribution in [3.63, 3.8) is 0 Å². The molecule has 1 aliphatic heterocycles. The molecule has 1 aromatic rings. The highest BCUT2D eigenvalue weighted by Gasteiger charge is 2.09. The zero-order valence-corrected chi connectivity index (χ0v) is 10.4. The summed E-state index contributed by atoms with van der Waals surface area (Å²) in [5.74, 6) is 0.935. The van der Waals surface area contributed by atoms with E-state index in [1.165, 1.54) is 12.1 Å². The largest absolute Gasteiger partial charge is 0.497 e. The van der Waals surface area contributed by atoms with Crippen molar-refractivity contribution in [1.29, 1.82) is 0 Å². The number of anilines is 1. The van der Waals surface area contributed by atoms with Crippen LogP contribution < -0.4 is 15.0 Å². The molecule has 0 amide bonds. The van der Waals surface area contributed by atoms with Gasteiger partial charge in [-0.1, -0.05) is 6.07 Å².